The van der Waals surface area contributed by atoms with Gasteiger partial charge in [-0.2, -0.15) is 15.5 Å². The highest BCUT2D eigenvalue weighted by molar-refractivity contribution is 5.85. The molecule has 0 aromatic heterocycles. The first-order valence-electron chi connectivity index (χ1n) is 4.16. The van der Waals surface area contributed by atoms with E-state index in [0.29, 0.717) is 5.84 Å². The standard InChI is InChI=1S/C8H11N5/c9-2-1-8(12-7-10)13-5-3-11-4-6-13/h11H,1,3-6H2. The summed E-state index contributed by atoms with van der Waals surface area (Å²) in [4.78, 5) is 5.61. The Hall–Kier alpha value is -1.59. The molecule has 1 N–H and O–H groups in total. The SMILES string of the molecule is N#CCC(=NC#N)N1CCNCC1. The summed E-state index contributed by atoms with van der Waals surface area (Å²) in [5, 5.41) is 20.1. The van der Waals surface area contributed by atoms with Gasteiger partial charge in [0.25, 0.3) is 0 Å². The predicted octanol–water partition coefficient (Wildman–Crippen LogP) is -0.315. The molecule has 5 heteroatoms. The molecule has 0 bridgehead atoms. The topological polar surface area (TPSA) is 75.2 Å². The first-order valence-corrected chi connectivity index (χ1v) is 4.16. The van der Waals surface area contributed by atoms with Crippen LogP contribution in [0.5, 0.6) is 0 Å². The minimum absolute atomic E-state index is 0.216. The molecule has 0 aliphatic carbocycles. The van der Waals surface area contributed by atoms with Crippen LogP contribution in [0, 0.1) is 22.8 Å². The number of hydrogen-bond donors (Lipinski definition) is 1. The molecule has 0 aromatic rings. The molecular weight excluding hydrogens is 166 g/mol. The van der Waals surface area contributed by atoms with E-state index in [2.05, 4.69) is 10.3 Å². The Labute approximate surface area is 77.3 Å². The van der Waals surface area contributed by atoms with E-state index in [1.165, 1.54) is 0 Å². The van der Waals surface area contributed by atoms with Crippen molar-refractivity contribution in [1.29, 1.82) is 10.5 Å². The van der Waals surface area contributed by atoms with Crippen molar-refractivity contribution >= 4 is 5.84 Å². The molecule has 1 rings (SSSR count). The zero-order chi connectivity index (χ0) is 9.52. The van der Waals surface area contributed by atoms with Crippen molar-refractivity contribution in [3.8, 4) is 12.3 Å². The second-order valence-electron chi connectivity index (χ2n) is 2.70. The smallest absolute Gasteiger partial charge is 0.207 e. The van der Waals surface area contributed by atoms with Crippen LogP contribution < -0.4 is 5.32 Å². The van der Waals surface area contributed by atoms with Crippen molar-refractivity contribution in [2.75, 3.05) is 26.2 Å². The molecule has 0 atom stereocenters. The number of aliphatic imine (C=N–C) groups is 1. The molecule has 1 heterocycles. The number of piperazine rings is 1. The van der Waals surface area contributed by atoms with Crippen molar-refractivity contribution < 1.29 is 0 Å². The van der Waals surface area contributed by atoms with Crippen molar-refractivity contribution in [2.24, 2.45) is 4.99 Å². The van der Waals surface area contributed by atoms with E-state index in [1.807, 2.05) is 11.0 Å². The lowest BCUT2D eigenvalue weighted by Crippen LogP contribution is -2.46. The molecule has 0 aromatic carbocycles. The van der Waals surface area contributed by atoms with Crippen LogP contribution >= 0.6 is 0 Å². The van der Waals surface area contributed by atoms with Gasteiger partial charge in [-0.25, -0.2) is 0 Å². The lowest BCUT2D eigenvalue weighted by atomic mass is 10.3. The van der Waals surface area contributed by atoms with E-state index in [4.69, 9.17) is 10.5 Å². The summed E-state index contributed by atoms with van der Waals surface area (Å²) in [6.45, 7) is 3.41. The maximum Gasteiger partial charge on any atom is 0.207 e. The van der Waals surface area contributed by atoms with Crippen molar-refractivity contribution in [3.05, 3.63) is 0 Å². The molecule has 0 spiro atoms. The highest BCUT2D eigenvalue weighted by Crippen LogP contribution is 1.98. The maximum atomic E-state index is 8.51. The van der Waals surface area contributed by atoms with E-state index in [1.54, 1.807) is 6.19 Å². The second kappa shape index (κ2) is 5.13. The van der Waals surface area contributed by atoms with Gasteiger partial charge >= 0.3 is 0 Å². The minimum Gasteiger partial charge on any atom is -0.356 e. The van der Waals surface area contributed by atoms with Crippen LogP contribution in [0.1, 0.15) is 6.42 Å². The predicted molar refractivity (Wildman–Crippen MR) is 47.7 cm³/mol. The Morgan fingerprint density at radius 2 is 2.08 bits per heavy atom. The lowest BCUT2D eigenvalue weighted by molar-refractivity contribution is 0.354. The molecule has 1 fully saturated rings. The van der Waals surface area contributed by atoms with Crippen molar-refractivity contribution in [3.63, 3.8) is 0 Å². The average Bonchev–Trinajstić information content (AvgIpc) is 2.19. The molecule has 13 heavy (non-hydrogen) atoms. The summed E-state index contributed by atoms with van der Waals surface area (Å²) in [5.41, 5.74) is 0. The van der Waals surface area contributed by atoms with Crippen LogP contribution in [-0.2, 0) is 0 Å². The van der Waals surface area contributed by atoms with E-state index in [-0.39, 0.29) is 6.42 Å². The van der Waals surface area contributed by atoms with Gasteiger partial charge < -0.3 is 10.2 Å². The Morgan fingerprint density at radius 3 is 2.62 bits per heavy atom. The quantitative estimate of drug-likeness (QED) is 0.338. The van der Waals surface area contributed by atoms with Gasteiger partial charge in [0.1, 0.15) is 5.84 Å². The van der Waals surface area contributed by atoms with Crippen molar-refractivity contribution in [2.45, 2.75) is 6.42 Å². The van der Waals surface area contributed by atoms with Gasteiger partial charge in [-0.3, -0.25) is 0 Å². The number of amidine groups is 1. The molecule has 68 valence electrons. The second-order valence-corrected chi connectivity index (χ2v) is 2.70. The fourth-order valence-electron chi connectivity index (χ4n) is 1.27. The summed E-state index contributed by atoms with van der Waals surface area (Å²) >= 11 is 0. The fraction of sp³-hybridized carbons (Fsp3) is 0.625. The van der Waals surface area contributed by atoms with Gasteiger partial charge in [0.05, 0.1) is 12.5 Å². The summed E-state index contributed by atoms with van der Waals surface area (Å²) < 4.78 is 0. The van der Waals surface area contributed by atoms with Gasteiger partial charge in [0, 0.05) is 26.2 Å². The van der Waals surface area contributed by atoms with E-state index in [9.17, 15) is 0 Å². The fourth-order valence-corrected chi connectivity index (χ4v) is 1.27. The summed E-state index contributed by atoms with van der Waals surface area (Å²) in [5.74, 6) is 0.589. The number of hydrogen-bond acceptors (Lipinski definition) is 4. The van der Waals surface area contributed by atoms with E-state index in [0.717, 1.165) is 26.2 Å². The summed E-state index contributed by atoms with van der Waals surface area (Å²) in [6, 6.07) is 2.01. The van der Waals surface area contributed by atoms with Crippen LogP contribution in [-0.4, -0.2) is 36.9 Å². The van der Waals surface area contributed by atoms with Crippen LogP contribution in [0.25, 0.3) is 0 Å². The molecule has 0 amide bonds. The third-order valence-corrected chi connectivity index (χ3v) is 1.90. The van der Waals surface area contributed by atoms with E-state index < -0.39 is 0 Å². The average molecular weight is 177 g/mol. The minimum atomic E-state index is 0.216. The number of nitrogens with one attached hydrogen (secondary N) is 1. The highest BCUT2D eigenvalue weighted by Gasteiger charge is 2.13. The van der Waals surface area contributed by atoms with Gasteiger partial charge in [-0.15, -0.1) is 0 Å². The monoisotopic (exact) mass is 177 g/mol. The van der Waals surface area contributed by atoms with Crippen LogP contribution in [0.15, 0.2) is 4.99 Å². The third kappa shape index (κ3) is 2.73. The lowest BCUT2D eigenvalue weighted by Gasteiger charge is -2.28. The van der Waals surface area contributed by atoms with E-state index >= 15 is 0 Å². The number of nitrogens with zero attached hydrogens (tertiary/aromatic N) is 4. The number of nitriles is 2. The van der Waals surface area contributed by atoms with Gasteiger partial charge in [-0.05, 0) is 0 Å². The molecular formula is C8H11N5. The molecule has 0 unspecified atom stereocenters. The van der Waals surface area contributed by atoms with Crippen LogP contribution in [0.4, 0.5) is 0 Å². The van der Waals surface area contributed by atoms with Crippen molar-refractivity contribution in [1.82, 2.24) is 10.2 Å². The zero-order valence-corrected chi connectivity index (χ0v) is 7.32. The van der Waals surface area contributed by atoms with Gasteiger partial charge in [-0.1, -0.05) is 0 Å². The molecule has 0 saturated carbocycles. The molecule has 1 aliphatic heterocycles. The van der Waals surface area contributed by atoms with Crippen LogP contribution in [0.2, 0.25) is 0 Å². The molecule has 5 nitrogen and oxygen atoms in total. The Kier molecular flexibility index (Phi) is 3.74. The Balaban J connectivity index is 2.59. The Morgan fingerprint density at radius 1 is 1.38 bits per heavy atom. The largest absolute Gasteiger partial charge is 0.356 e. The van der Waals surface area contributed by atoms with Gasteiger partial charge in [0.2, 0.25) is 6.19 Å². The first kappa shape index (κ1) is 9.50. The Bertz CT molecular complexity index is 263. The normalized spacial score (nSPS) is 17.7. The number of rotatable bonds is 1. The van der Waals surface area contributed by atoms with Crippen LogP contribution in [0.3, 0.4) is 0 Å². The van der Waals surface area contributed by atoms with Gasteiger partial charge in [0.15, 0.2) is 0 Å². The summed E-state index contributed by atoms with van der Waals surface area (Å²) in [6.07, 6.45) is 1.94. The molecule has 1 saturated heterocycles. The summed E-state index contributed by atoms with van der Waals surface area (Å²) in [7, 11) is 0. The molecule has 1 aliphatic rings. The molecule has 0 radical (unpaired) electrons. The maximum absolute atomic E-state index is 8.51. The first-order chi connectivity index (χ1) is 6.38. The third-order valence-electron chi connectivity index (χ3n) is 1.90. The highest BCUT2D eigenvalue weighted by atomic mass is 15.2. The zero-order valence-electron chi connectivity index (χ0n) is 7.32.